The summed E-state index contributed by atoms with van der Waals surface area (Å²) in [5, 5.41) is 6.01. The van der Waals surface area contributed by atoms with Gasteiger partial charge in [0, 0.05) is 9.90 Å². The van der Waals surface area contributed by atoms with E-state index in [1.165, 1.54) is 22.6 Å². The van der Waals surface area contributed by atoms with Crippen LogP contribution in [-0.2, 0) is 0 Å². The van der Waals surface area contributed by atoms with Gasteiger partial charge in [0.15, 0.2) is 0 Å². The van der Waals surface area contributed by atoms with E-state index in [4.69, 9.17) is 11.6 Å². The van der Waals surface area contributed by atoms with Crippen molar-refractivity contribution in [2.45, 2.75) is 19.9 Å². The van der Waals surface area contributed by atoms with Crippen LogP contribution in [0.5, 0.6) is 0 Å². The molecule has 1 atom stereocenters. The zero-order valence-corrected chi connectivity index (χ0v) is 11.9. The summed E-state index contributed by atoms with van der Waals surface area (Å²) in [5.74, 6) is -0.258. The molecule has 1 unspecified atom stereocenters. The van der Waals surface area contributed by atoms with Crippen LogP contribution in [0.3, 0.4) is 0 Å². The molecule has 18 heavy (non-hydrogen) atoms. The second-order valence-electron chi connectivity index (χ2n) is 4.12. The fraction of sp³-hybridized carbons (Fsp3) is 0.286. The molecular formula is C14H15ClFNS. The minimum atomic E-state index is -0.258. The summed E-state index contributed by atoms with van der Waals surface area (Å²) in [6.07, 6.45) is 0. The maximum atomic E-state index is 13.4. The van der Waals surface area contributed by atoms with Gasteiger partial charge in [-0.15, -0.1) is 11.3 Å². The van der Waals surface area contributed by atoms with Gasteiger partial charge >= 0.3 is 0 Å². The number of hydrogen-bond donors (Lipinski definition) is 1. The first kappa shape index (κ1) is 13.5. The fourth-order valence-electron chi connectivity index (χ4n) is 1.96. The van der Waals surface area contributed by atoms with Crippen molar-refractivity contribution in [2.75, 3.05) is 6.54 Å². The molecule has 1 heterocycles. The predicted molar refractivity (Wildman–Crippen MR) is 76.0 cm³/mol. The third-order valence-corrected chi connectivity index (χ3v) is 4.27. The largest absolute Gasteiger partial charge is 0.306 e. The highest BCUT2D eigenvalue weighted by molar-refractivity contribution is 7.10. The molecule has 0 aliphatic rings. The third-order valence-electron chi connectivity index (χ3n) is 2.84. The van der Waals surface area contributed by atoms with Crippen molar-refractivity contribution in [2.24, 2.45) is 0 Å². The highest BCUT2D eigenvalue weighted by atomic mass is 35.5. The molecule has 0 bridgehead atoms. The van der Waals surface area contributed by atoms with Crippen LogP contribution in [0.1, 0.15) is 29.0 Å². The van der Waals surface area contributed by atoms with Gasteiger partial charge in [0.1, 0.15) is 5.82 Å². The summed E-state index contributed by atoms with van der Waals surface area (Å²) < 4.78 is 13.4. The van der Waals surface area contributed by atoms with Gasteiger partial charge in [-0.05, 0) is 54.2 Å². The Balaban J connectivity index is 2.48. The Labute approximate surface area is 116 Å². The lowest BCUT2D eigenvalue weighted by atomic mass is 10.0. The minimum Gasteiger partial charge on any atom is -0.306 e. The number of hydrogen-bond acceptors (Lipinski definition) is 2. The average Bonchev–Trinajstić information content (AvgIpc) is 2.76. The Kier molecular flexibility index (Phi) is 4.38. The topological polar surface area (TPSA) is 12.0 Å². The van der Waals surface area contributed by atoms with Gasteiger partial charge < -0.3 is 5.32 Å². The molecular weight excluding hydrogens is 269 g/mol. The number of nitrogens with one attached hydrogen (secondary N) is 1. The van der Waals surface area contributed by atoms with E-state index in [2.05, 4.69) is 18.3 Å². The molecule has 0 radical (unpaired) electrons. The van der Waals surface area contributed by atoms with Crippen LogP contribution in [0.4, 0.5) is 4.39 Å². The molecule has 0 aliphatic carbocycles. The molecule has 4 heteroatoms. The van der Waals surface area contributed by atoms with Crippen LogP contribution in [0.25, 0.3) is 0 Å². The van der Waals surface area contributed by atoms with E-state index >= 15 is 0 Å². The Morgan fingerprint density at radius 2 is 2.17 bits per heavy atom. The molecule has 1 aromatic carbocycles. The number of aryl methyl sites for hydroxylation is 1. The van der Waals surface area contributed by atoms with E-state index in [0.717, 1.165) is 12.1 Å². The molecule has 1 N–H and O–H groups in total. The summed E-state index contributed by atoms with van der Waals surface area (Å²) in [4.78, 5) is 1.18. The molecule has 2 rings (SSSR count). The first-order chi connectivity index (χ1) is 8.63. The van der Waals surface area contributed by atoms with E-state index < -0.39 is 0 Å². The number of halogens is 2. The van der Waals surface area contributed by atoms with Crippen molar-refractivity contribution in [3.63, 3.8) is 0 Å². The van der Waals surface area contributed by atoms with Crippen LogP contribution in [-0.4, -0.2) is 6.54 Å². The normalized spacial score (nSPS) is 12.7. The lowest BCUT2D eigenvalue weighted by molar-refractivity contribution is 0.606. The van der Waals surface area contributed by atoms with Crippen molar-refractivity contribution >= 4 is 22.9 Å². The van der Waals surface area contributed by atoms with Gasteiger partial charge in [0.2, 0.25) is 0 Å². The van der Waals surface area contributed by atoms with Gasteiger partial charge in [-0.25, -0.2) is 4.39 Å². The van der Waals surface area contributed by atoms with Crippen molar-refractivity contribution in [1.29, 1.82) is 0 Å². The maximum absolute atomic E-state index is 13.4. The summed E-state index contributed by atoms with van der Waals surface area (Å²) in [5.41, 5.74) is 2.00. The van der Waals surface area contributed by atoms with Crippen LogP contribution in [0.2, 0.25) is 5.02 Å². The van der Waals surface area contributed by atoms with Crippen LogP contribution in [0, 0.1) is 12.7 Å². The van der Waals surface area contributed by atoms with Crippen molar-refractivity contribution in [3.05, 3.63) is 56.5 Å². The predicted octanol–water partition coefficient (Wildman–Crippen LogP) is 4.55. The molecule has 0 fully saturated rings. The van der Waals surface area contributed by atoms with E-state index in [1.807, 2.05) is 12.3 Å². The molecule has 0 saturated heterocycles. The molecule has 2 aromatic rings. The molecule has 96 valence electrons. The fourth-order valence-corrected chi connectivity index (χ4v) is 3.21. The van der Waals surface area contributed by atoms with Gasteiger partial charge in [0.25, 0.3) is 0 Å². The highest BCUT2D eigenvalue weighted by Gasteiger charge is 2.19. The van der Waals surface area contributed by atoms with Gasteiger partial charge in [-0.1, -0.05) is 18.5 Å². The van der Waals surface area contributed by atoms with Gasteiger partial charge in [-0.2, -0.15) is 0 Å². The number of benzene rings is 1. The number of thiophene rings is 1. The number of rotatable bonds is 4. The Morgan fingerprint density at radius 3 is 2.78 bits per heavy atom. The van der Waals surface area contributed by atoms with Crippen LogP contribution < -0.4 is 5.32 Å². The lowest BCUT2D eigenvalue weighted by Crippen LogP contribution is -2.22. The SMILES string of the molecule is CCNC(c1cc(F)ccc1Cl)c1sccc1C. The van der Waals surface area contributed by atoms with E-state index in [0.29, 0.717) is 5.02 Å². The van der Waals surface area contributed by atoms with Crippen LogP contribution in [0.15, 0.2) is 29.6 Å². The molecule has 0 amide bonds. The molecule has 0 spiro atoms. The quantitative estimate of drug-likeness (QED) is 0.868. The summed E-state index contributed by atoms with van der Waals surface area (Å²) in [7, 11) is 0. The minimum absolute atomic E-state index is 0.0433. The lowest BCUT2D eigenvalue weighted by Gasteiger charge is -2.19. The summed E-state index contributed by atoms with van der Waals surface area (Å²) in [6, 6.07) is 6.53. The molecule has 1 nitrogen and oxygen atoms in total. The van der Waals surface area contributed by atoms with E-state index in [1.54, 1.807) is 17.4 Å². The van der Waals surface area contributed by atoms with Crippen molar-refractivity contribution in [3.8, 4) is 0 Å². The zero-order valence-electron chi connectivity index (χ0n) is 10.3. The summed E-state index contributed by atoms with van der Waals surface area (Å²) in [6.45, 7) is 4.89. The first-order valence-corrected chi connectivity index (χ1v) is 7.11. The first-order valence-electron chi connectivity index (χ1n) is 5.85. The molecule has 1 aromatic heterocycles. The molecule has 0 saturated carbocycles. The molecule has 0 aliphatic heterocycles. The Hall–Kier alpha value is -0.900. The van der Waals surface area contributed by atoms with Crippen molar-refractivity contribution in [1.82, 2.24) is 5.32 Å². The standard InChI is InChI=1S/C14H15ClFNS/c1-3-17-13(14-9(2)6-7-18-14)11-8-10(16)4-5-12(11)15/h4-8,13,17H,3H2,1-2H3. The third kappa shape index (κ3) is 2.74. The Bertz CT molecular complexity index is 538. The monoisotopic (exact) mass is 283 g/mol. The zero-order chi connectivity index (χ0) is 13.1. The van der Waals surface area contributed by atoms with Crippen LogP contribution >= 0.6 is 22.9 Å². The summed E-state index contributed by atoms with van der Waals surface area (Å²) >= 11 is 7.86. The van der Waals surface area contributed by atoms with Crippen molar-refractivity contribution < 1.29 is 4.39 Å². The van der Waals surface area contributed by atoms with E-state index in [9.17, 15) is 4.39 Å². The second kappa shape index (κ2) is 5.83. The highest BCUT2D eigenvalue weighted by Crippen LogP contribution is 2.33. The maximum Gasteiger partial charge on any atom is 0.123 e. The van der Waals surface area contributed by atoms with Gasteiger partial charge in [0.05, 0.1) is 6.04 Å². The van der Waals surface area contributed by atoms with Gasteiger partial charge in [-0.3, -0.25) is 0 Å². The second-order valence-corrected chi connectivity index (χ2v) is 5.48. The smallest absolute Gasteiger partial charge is 0.123 e. The average molecular weight is 284 g/mol. The van der Waals surface area contributed by atoms with E-state index in [-0.39, 0.29) is 11.9 Å². The Morgan fingerprint density at radius 1 is 1.39 bits per heavy atom.